The SMILES string of the molecule is C[N+]1(Cc2cccc(Cl)c2)CCC[C@H](N(C(=O)Nc2ccc(C(=O)OC3CCCC3)s2)C(=O)[C@@H](N)Cc2ccc(O)cc2)C1. The highest BCUT2D eigenvalue weighted by Crippen LogP contribution is 2.29. The van der Waals surface area contributed by atoms with Crippen LogP contribution in [0.5, 0.6) is 5.75 Å². The minimum absolute atomic E-state index is 0.0588. The molecule has 1 aliphatic heterocycles. The minimum atomic E-state index is -0.973. The molecule has 1 saturated heterocycles. The molecule has 2 aliphatic rings. The van der Waals surface area contributed by atoms with Crippen LogP contribution in [0.25, 0.3) is 0 Å². The Morgan fingerprint density at radius 2 is 1.82 bits per heavy atom. The molecule has 1 aliphatic carbocycles. The first-order valence-electron chi connectivity index (χ1n) is 15.1. The molecule has 2 fully saturated rings. The monoisotopic (exact) mass is 639 g/mol. The average molecular weight is 640 g/mol. The van der Waals surface area contributed by atoms with Gasteiger partial charge in [0.25, 0.3) is 0 Å². The Balaban J connectivity index is 1.34. The lowest BCUT2D eigenvalue weighted by Gasteiger charge is -2.44. The van der Waals surface area contributed by atoms with Crippen LogP contribution in [0.1, 0.15) is 59.3 Å². The summed E-state index contributed by atoms with van der Waals surface area (Å²) in [5, 5.41) is 13.6. The van der Waals surface area contributed by atoms with Crippen molar-refractivity contribution in [3.05, 3.63) is 81.7 Å². The third-order valence-electron chi connectivity index (χ3n) is 8.48. The molecule has 234 valence electrons. The molecule has 3 atom stereocenters. The molecule has 3 aromatic rings. The normalized spacial score (nSPS) is 21.0. The Hall–Kier alpha value is -3.44. The summed E-state index contributed by atoms with van der Waals surface area (Å²) < 4.78 is 6.25. The van der Waals surface area contributed by atoms with E-state index < -0.39 is 30.0 Å². The standard InChI is InChI=1S/C33H39ClN4O5S/c1-38(20-23-6-4-7-24(34)18-23)17-5-8-25(21-38)37(31(40)28(35)19-22-11-13-26(39)14-12-22)33(42)36-30-16-15-29(44-30)32(41)43-27-9-2-3-10-27/h4,6-7,11-16,18,25,27-28H,2-3,5,8-10,17,19-21,35H2,1H3,(H-,36,39,41,42)/p+1/t25-,28-,38?/m0/s1. The van der Waals surface area contributed by atoms with E-state index in [0.717, 1.165) is 61.1 Å². The number of rotatable bonds is 9. The third-order valence-corrected chi connectivity index (χ3v) is 9.70. The highest BCUT2D eigenvalue weighted by Gasteiger charge is 2.41. The molecule has 9 nitrogen and oxygen atoms in total. The van der Waals surface area contributed by atoms with Gasteiger partial charge in [-0.25, -0.2) is 9.59 Å². The van der Waals surface area contributed by atoms with E-state index in [2.05, 4.69) is 12.4 Å². The molecule has 2 heterocycles. The summed E-state index contributed by atoms with van der Waals surface area (Å²) in [7, 11) is 2.13. The van der Waals surface area contributed by atoms with Crippen molar-refractivity contribution in [1.29, 1.82) is 0 Å². The quantitative estimate of drug-likeness (QED) is 0.197. The summed E-state index contributed by atoms with van der Waals surface area (Å²) in [6.07, 6.45) is 5.48. The van der Waals surface area contributed by atoms with Crippen LogP contribution in [0.2, 0.25) is 5.02 Å². The highest BCUT2D eigenvalue weighted by molar-refractivity contribution is 7.18. The largest absolute Gasteiger partial charge is 0.508 e. The third kappa shape index (κ3) is 8.18. The van der Waals surface area contributed by atoms with Crippen molar-refractivity contribution in [3.8, 4) is 5.75 Å². The predicted octanol–water partition coefficient (Wildman–Crippen LogP) is 5.95. The molecule has 3 amide bonds. The number of hydrogen-bond donors (Lipinski definition) is 3. The van der Waals surface area contributed by atoms with Crippen LogP contribution < -0.4 is 11.1 Å². The van der Waals surface area contributed by atoms with Crippen LogP contribution in [0, 0.1) is 0 Å². The first-order valence-corrected chi connectivity index (χ1v) is 16.3. The number of carbonyl (C=O) groups excluding carboxylic acids is 3. The molecule has 0 spiro atoms. The van der Waals surface area contributed by atoms with Gasteiger partial charge in [0.05, 0.1) is 30.7 Å². The van der Waals surface area contributed by atoms with Gasteiger partial charge in [0.2, 0.25) is 5.91 Å². The van der Waals surface area contributed by atoms with Gasteiger partial charge in [-0.15, -0.1) is 11.3 Å². The zero-order chi connectivity index (χ0) is 31.3. The van der Waals surface area contributed by atoms with Crippen molar-refractivity contribution >= 4 is 45.8 Å². The molecule has 0 bridgehead atoms. The van der Waals surface area contributed by atoms with E-state index >= 15 is 0 Å². The number of hydrogen-bond acceptors (Lipinski definition) is 7. The molecule has 2 aromatic carbocycles. The van der Waals surface area contributed by atoms with Gasteiger partial charge < -0.3 is 20.1 Å². The number of amides is 3. The maximum Gasteiger partial charge on any atom is 0.348 e. The van der Waals surface area contributed by atoms with E-state index in [1.54, 1.807) is 36.4 Å². The topological polar surface area (TPSA) is 122 Å². The van der Waals surface area contributed by atoms with Gasteiger partial charge in [0, 0.05) is 10.6 Å². The number of halogens is 1. The summed E-state index contributed by atoms with van der Waals surface area (Å²) in [4.78, 5) is 42.2. The molecular formula is C33H40ClN4O5S+. The van der Waals surface area contributed by atoms with Crippen molar-refractivity contribution in [2.45, 2.75) is 69.7 Å². The lowest BCUT2D eigenvalue weighted by molar-refractivity contribution is -0.928. The second-order valence-electron chi connectivity index (χ2n) is 12.2. The maximum atomic E-state index is 14.0. The number of esters is 1. The van der Waals surface area contributed by atoms with Gasteiger partial charge in [-0.3, -0.25) is 15.0 Å². The summed E-state index contributed by atoms with van der Waals surface area (Å²) in [5.74, 6) is -0.752. The molecule has 1 aromatic heterocycles. The number of aromatic hydroxyl groups is 1. The number of likely N-dealkylation sites (N-methyl/N-ethyl adjacent to an activating group) is 1. The fourth-order valence-electron chi connectivity index (χ4n) is 6.32. The summed E-state index contributed by atoms with van der Waals surface area (Å²) in [6, 6.07) is 15.6. The van der Waals surface area contributed by atoms with Gasteiger partial charge in [-0.2, -0.15) is 0 Å². The number of phenols is 1. The van der Waals surface area contributed by atoms with Crippen LogP contribution in [0.4, 0.5) is 9.80 Å². The van der Waals surface area contributed by atoms with E-state index in [1.807, 2.05) is 24.3 Å². The zero-order valence-corrected chi connectivity index (χ0v) is 26.5. The Bertz CT molecular complexity index is 1470. The molecule has 4 N–H and O–H groups in total. The van der Waals surface area contributed by atoms with Crippen LogP contribution >= 0.6 is 22.9 Å². The van der Waals surface area contributed by atoms with Crippen molar-refractivity contribution in [2.24, 2.45) is 5.73 Å². The van der Waals surface area contributed by atoms with Crippen molar-refractivity contribution in [3.63, 3.8) is 0 Å². The highest BCUT2D eigenvalue weighted by atomic mass is 35.5. The molecule has 1 saturated carbocycles. The van der Waals surface area contributed by atoms with Gasteiger partial charge in [-0.05, 0) is 86.9 Å². The molecular weight excluding hydrogens is 600 g/mol. The van der Waals surface area contributed by atoms with Crippen LogP contribution in [0.15, 0.2) is 60.7 Å². The fraction of sp³-hybridized carbons (Fsp3) is 0.424. The second-order valence-corrected chi connectivity index (χ2v) is 13.7. The molecule has 0 radical (unpaired) electrons. The van der Waals surface area contributed by atoms with E-state index in [1.165, 1.54) is 4.90 Å². The number of piperidine rings is 1. The smallest absolute Gasteiger partial charge is 0.348 e. The Morgan fingerprint density at radius 1 is 1.07 bits per heavy atom. The summed E-state index contributed by atoms with van der Waals surface area (Å²) in [6.45, 7) is 2.16. The lowest BCUT2D eigenvalue weighted by atomic mass is 9.98. The first-order chi connectivity index (χ1) is 21.1. The van der Waals surface area contributed by atoms with Crippen molar-refractivity contribution < 1.29 is 28.7 Å². The number of phenolic OH excluding ortho intramolecular Hbond substituents is 1. The Kier molecular flexibility index (Phi) is 10.3. The number of ether oxygens (including phenoxy) is 1. The number of likely N-dealkylation sites (tertiary alicyclic amines) is 1. The average Bonchev–Trinajstić information content (AvgIpc) is 3.67. The number of imide groups is 1. The summed E-state index contributed by atoms with van der Waals surface area (Å²) in [5.41, 5.74) is 8.30. The van der Waals surface area contributed by atoms with Gasteiger partial charge >= 0.3 is 12.0 Å². The van der Waals surface area contributed by atoms with Gasteiger partial charge in [-0.1, -0.05) is 35.9 Å². The summed E-state index contributed by atoms with van der Waals surface area (Å²) >= 11 is 7.38. The number of benzene rings is 2. The number of nitrogens with two attached hydrogens (primary N) is 1. The Morgan fingerprint density at radius 3 is 2.55 bits per heavy atom. The van der Waals surface area contributed by atoms with E-state index in [0.29, 0.717) is 38.9 Å². The van der Waals surface area contributed by atoms with Crippen molar-refractivity contribution in [2.75, 3.05) is 25.5 Å². The van der Waals surface area contributed by atoms with E-state index in [4.69, 9.17) is 22.1 Å². The first kappa shape index (κ1) is 32.0. The van der Waals surface area contributed by atoms with Crippen LogP contribution in [-0.4, -0.2) is 70.7 Å². The number of nitrogens with one attached hydrogen (secondary N) is 1. The molecule has 5 rings (SSSR count). The van der Waals surface area contributed by atoms with Crippen LogP contribution in [0.3, 0.4) is 0 Å². The van der Waals surface area contributed by atoms with Crippen LogP contribution in [-0.2, 0) is 22.5 Å². The number of anilines is 1. The zero-order valence-electron chi connectivity index (χ0n) is 24.9. The molecule has 44 heavy (non-hydrogen) atoms. The number of nitrogens with zero attached hydrogens (tertiary/aromatic N) is 2. The van der Waals surface area contributed by atoms with Gasteiger partial charge in [0.15, 0.2) is 0 Å². The number of carbonyl (C=O) groups is 3. The number of thiophene rings is 1. The molecule has 1 unspecified atom stereocenters. The number of urea groups is 1. The van der Waals surface area contributed by atoms with Gasteiger partial charge in [0.1, 0.15) is 29.8 Å². The van der Waals surface area contributed by atoms with E-state index in [9.17, 15) is 19.5 Å². The Labute approximate surface area is 267 Å². The lowest BCUT2D eigenvalue weighted by Crippen LogP contribution is -2.62. The minimum Gasteiger partial charge on any atom is -0.508 e. The van der Waals surface area contributed by atoms with E-state index in [-0.39, 0.29) is 18.3 Å². The fourth-order valence-corrected chi connectivity index (χ4v) is 7.32. The number of quaternary nitrogens is 1. The second kappa shape index (κ2) is 14.1. The van der Waals surface area contributed by atoms with Crippen molar-refractivity contribution in [1.82, 2.24) is 4.90 Å². The predicted molar refractivity (Wildman–Crippen MR) is 172 cm³/mol. The maximum absolute atomic E-state index is 14.0. The molecule has 11 heteroatoms.